The van der Waals surface area contributed by atoms with E-state index in [1.807, 2.05) is 4.68 Å². The van der Waals surface area contributed by atoms with Crippen molar-refractivity contribution in [2.45, 2.75) is 46.1 Å². The Morgan fingerprint density at radius 3 is 2.86 bits per heavy atom. The second-order valence-electron chi connectivity index (χ2n) is 3.36. The number of carbonyl (C=O) groups excluding carboxylic acids is 1. The lowest BCUT2D eigenvalue weighted by Crippen LogP contribution is -2.02. The first kappa shape index (κ1) is 11.0. The van der Waals surface area contributed by atoms with Gasteiger partial charge in [0, 0.05) is 18.7 Å². The Hall–Kier alpha value is -1.12. The Kier molecular flexibility index (Phi) is 4.36. The van der Waals surface area contributed by atoms with Crippen molar-refractivity contribution in [3.63, 3.8) is 0 Å². The Morgan fingerprint density at radius 2 is 2.29 bits per heavy atom. The van der Waals surface area contributed by atoms with Crippen LogP contribution in [0.25, 0.3) is 0 Å². The summed E-state index contributed by atoms with van der Waals surface area (Å²) in [5.41, 5.74) is 2.40. The number of aldehydes is 1. The lowest BCUT2D eigenvalue weighted by atomic mass is 10.2. The second-order valence-corrected chi connectivity index (χ2v) is 3.36. The summed E-state index contributed by atoms with van der Waals surface area (Å²) in [5, 5.41) is 4.45. The molecule has 0 fully saturated rings. The van der Waals surface area contributed by atoms with Crippen molar-refractivity contribution in [2.75, 3.05) is 0 Å². The second kappa shape index (κ2) is 5.58. The molecule has 1 rings (SSSR count). The molecule has 0 bridgehead atoms. The SMILES string of the molecule is CCc1cc(CCCC=O)n(CC)n1. The molecule has 0 saturated carbocycles. The van der Waals surface area contributed by atoms with Crippen molar-refractivity contribution in [1.82, 2.24) is 9.78 Å². The molecule has 3 nitrogen and oxygen atoms in total. The summed E-state index contributed by atoms with van der Waals surface area (Å²) >= 11 is 0. The van der Waals surface area contributed by atoms with Gasteiger partial charge in [-0.1, -0.05) is 6.92 Å². The van der Waals surface area contributed by atoms with Crippen LogP contribution in [-0.2, 0) is 24.2 Å². The van der Waals surface area contributed by atoms with Gasteiger partial charge in [0.2, 0.25) is 0 Å². The molecule has 0 aliphatic heterocycles. The highest BCUT2D eigenvalue weighted by molar-refractivity contribution is 5.49. The van der Waals surface area contributed by atoms with Gasteiger partial charge in [-0.15, -0.1) is 0 Å². The zero-order valence-electron chi connectivity index (χ0n) is 8.99. The van der Waals surface area contributed by atoms with Gasteiger partial charge in [0.1, 0.15) is 6.29 Å². The monoisotopic (exact) mass is 194 g/mol. The highest BCUT2D eigenvalue weighted by Gasteiger charge is 2.04. The maximum Gasteiger partial charge on any atom is 0.120 e. The minimum absolute atomic E-state index is 0.649. The number of carbonyl (C=O) groups is 1. The number of nitrogens with zero attached hydrogens (tertiary/aromatic N) is 2. The predicted octanol–water partition coefficient (Wildman–Crippen LogP) is 1.99. The van der Waals surface area contributed by atoms with E-state index < -0.39 is 0 Å². The molecule has 3 heteroatoms. The minimum Gasteiger partial charge on any atom is -0.303 e. The number of aryl methyl sites for hydroxylation is 3. The lowest BCUT2D eigenvalue weighted by molar-refractivity contribution is -0.107. The third-order valence-electron chi connectivity index (χ3n) is 2.33. The molecule has 0 unspecified atom stereocenters. The molecule has 0 atom stereocenters. The van der Waals surface area contributed by atoms with Crippen molar-refractivity contribution in [1.29, 1.82) is 0 Å². The van der Waals surface area contributed by atoms with Gasteiger partial charge in [0.15, 0.2) is 0 Å². The summed E-state index contributed by atoms with van der Waals surface area (Å²) in [6.07, 6.45) is 4.50. The number of unbranched alkanes of at least 4 members (excludes halogenated alkanes) is 1. The van der Waals surface area contributed by atoms with Crippen LogP contribution in [0.3, 0.4) is 0 Å². The summed E-state index contributed by atoms with van der Waals surface area (Å²) in [6.45, 7) is 5.11. The molecule has 1 heterocycles. The van der Waals surface area contributed by atoms with Crippen molar-refractivity contribution in [3.05, 3.63) is 17.5 Å². The maximum absolute atomic E-state index is 10.2. The molecule has 0 N–H and O–H groups in total. The number of hydrogen-bond acceptors (Lipinski definition) is 2. The summed E-state index contributed by atoms with van der Waals surface area (Å²) < 4.78 is 2.03. The summed E-state index contributed by atoms with van der Waals surface area (Å²) in [4.78, 5) is 10.2. The third-order valence-corrected chi connectivity index (χ3v) is 2.33. The first-order valence-electron chi connectivity index (χ1n) is 5.31. The average molecular weight is 194 g/mol. The van der Waals surface area contributed by atoms with E-state index in [1.54, 1.807) is 0 Å². The van der Waals surface area contributed by atoms with E-state index in [9.17, 15) is 4.79 Å². The van der Waals surface area contributed by atoms with E-state index in [2.05, 4.69) is 25.0 Å². The molecule has 1 aromatic heterocycles. The van der Waals surface area contributed by atoms with Crippen LogP contribution in [0, 0.1) is 0 Å². The van der Waals surface area contributed by atoms with Gasteiger partial charge >= 0.3 is 0 Å². The molecule has 78 valence electrons. The first-order valence-corrected chi connectivity index (χ1v) is 5.31. The third kappa shape index (κ3) is 2.69. The Balaban J connectivity index is 2.63. The van der Waals surface area contributed by atoms with Gasteiger partial charge < -0.3 is 4.79 Å². The van der Waals surface area contributed by atoms with Gasteiger partial charge in [-0.2, -0.15) is 5.10 Å². The fraction of sp³-hybridized carbons (Fsp3) is 0.636. The summed E-state index contributed by atoms with van der Waals surface area (Å²) in [7, 11) is 0. The van der Waals surface area contributed by atoms with Crippen molar-refractivity contribution in [2.24, 2.45) is 0 Å². The van der Waals surface area contributed by atoms with Gasteiger partial charge in [0.05, 0.1) is 5.69 Å². The molecule has 0 aliphatic carbocycles. The van der Waals surface area contributed by atoms with E-state index in [4.69, 9.17) is 0 Å². The van der Waals surface area contributed by atoms with E-state index >= 15 is 0 Å². The van der Waals surface area contributed by atoms with Crippen LogP contribution in [0.2, 0.25) is 0 Å². The quantitative estimate of drug-likeness (QED) is 0.512. The molecule has 0 spiro atoms. The van der Waals surface area contributed by atoms with Crippen LogP contribution >= 0.6 is 0 Å². The summed E-state index contributed by atoms with van der Waals surface area (Å²) in [5.74, 6) is 0. The normalized spacial score (nSPS) is 10.4. The molecule has 14 heavy (non-hydrogen) atoms. The standard InChI is InChI=1S/C11H18N2O/c1-3-10-9-11(7-5-6-8-14)13(4-2)12-10/h8-9H,3-7H2,1-2H3. The van der Waals surface area contributed by atoms with Crippen molar-refractivity contribution >= 4 is 6.29 Å². The fourth-order valence-corrected chi connectivity index (χ4v) is 1.53. The van der Waals surface area contributed by atoms with Crippen LogP contribution < -0.4 is 0 Å². The van der Waals surface area contributed by atoms with Crippen LogP contribution in [-0.4, -0.2) is 16.1 Å². The van der Waals surface area contributed by atoms with Crippen molar-refractivity contribution < 1.29 is 4.79 Å². The Labute approximate surface area is 85.1 Å². The Morgan fingerprint density at radius 1 is 1.50 bits per heavy atom. The van der Waals surface area contributed by atoms with Crippen LogP contribution in [0.15, 0.2) is 6.07 Å². The van der Waals surface area contributed by atoms with E-state index in [1.165, 1.54) is 5.69 Å². The van der Waals surface area contributed by atoms with Crippen LogP contribution in [0.1, 0.15) is 38.1 Å². The average Bonchev–Trinajstić information content (AvgIpc) is 2.61. The van der Waals surface area contributed by atoms with Crippen LogP contribution in [0.5, 0.6) is 0 Å². The summed E-state index contributed by atoms with van der Waals surface area (Å²) in [6, 6.07) is 2.15. The predicted molar refractivity (Wildman–Crippen MR) is 56.3 cm³/mol. The molecule has 0 radical (unpaired) electrons. The topological polar surface area (TPSA) is 34.9 Å². The smallest absolute Gasteiger partial charge is 0.120 e. The first-order chi connectivity index (χ1) is 6.81. The van der Waals surface area contributed by atoms with Crippen molar-refractivity contribution in [3.8, 4) is 0 Å². The van der Waals surface area contributed by atoms with Gasteiger partial charge in [-0.25, -0.2) is 0 Å². The Bertz CT molecular complexity index is 291. The maximum atomic E-state index is 10.2. The number of rotatable bonds is 6. The van der Waals surface area contributed by atoms with E-state index in [0.717, 1.165) is 37.8 Å². The molecular formula is C11H18N2O. The van der Waals surface area contributed by atoms with Gasteiger partial charge in [-0.3, -0.25) is 4.68 Å². The van der Waals surface area contributed by atoms with E-state index in [0.29, 0.717) is 6.42 Å². The molecule has 0 aromatic carbocycles. The zero-order valence-corrected chi connectivity index (χ0v) is 8.99. The van der Waals surface area contributed by atoms with E-state index in [-0.39, 0.29) is 0 Å². The fourth-order valence-electron chi connectivity index (χ4n) is 1.53. The minimum atomic E-state index is 0.649. The van der Waals surface area contributed by atoms with Gasteiger partial charge in [-0.05, 0) is 32.3 Å². The molecular weight excluding hydrogens is 176 g/mol. The molecule has 0 saturated heterocycles. The molecule has 1 aromatic rings. The highest BCUT2D eigenvalue weighted by atomic mass is 16.1. The zero-order chi connectivity index (χ0) is 10.4. The van der Waals surface area contributed by atoms with Crippen LogP contribution in [0.4, 0.5) is 0 Å². The van der Waals surface area contributed by atoms with Gasteiger partial charge in [0.25, 0.3) is 0 Å². The largest absolute Gasteiger partial charge is 0.303 e. The molecule has 0 amide bonds. The number of hydrogen-bond donors (Lipinski definition) is 0. The highest BCUT2D eigenvalue weighted by Crippen LogP contribution is 2.08. The lowest BCUT2D eigenvalue weighted by Gasteiger charge is -2.02. The molecule has 0 aliphatic rings. The number of aromatic nitrogens is 2.